The number of H-pyrrole nitrogens is 2. The molecule has 2 aromatic heterocycles. The number of aromatic amines is 2. The van der Waals surface area contributed by atoms with E-state index in [9.17, 15) is 19.2 Å². The number of amides is 4. The van der Waals surface area contributed by atoms with Gasteiger partial charge in [0, 0.05) is 36.4 Å². The molecule has 4 aliphatic rings. The molecule has 4 amide bonds. The smallest absolute Gasteiger partial charge is 0.407 e. The molecule has 7 atom stereocenters. The normalized spacial score (nSPS) is 21.4. The van der Waals surface area contributed by atoms with Crippen molar-refractivity contribution >= 4 is 35.0 Å². The Morgan fingerprint density at radius 2 is 1.48 bits per heavy atom. The molecule has 2 aliphatic carbocycles. The SMILES string of the molecule is COC(=O)N[C@H](C(=O)N1[C@@H]2CCC(C2)[C@H]1c1nc2ccc(-c3ccc4c(c3)C(F)(F)c3cc(-c5cnc([C@@H]6CCCN6C(=O)[C@H](NC(=O)OC)c6ccccc6)[nH]5)ccc3-4)cc2[nH]1)[C@@H](C)OC. The van der Waals surface area contributed by atoms with Gasteiger partial charge in [0.2, 0.25) is 5.91 Å². The number of ether oxygens (including phenoxy) is 3. The first kappa shape index (κ1) is 43.7. The predicted octanol–water partition coefficient (Wildman–Crippen LogP) is 8.31. The number of alkyl carbamates (subject to hydrolysis) is 2. The summed E-state index contributed by atoms with van der Waals surface area (Å²) in [5, 5.41) is 5.33. The average Bonchev–Trinajstić information content (AvgIpc) is 4.23. The van der Waals surface area contributed by atoms with E-state index in [-0.39, 0.29) is 40.9 Å². The molecule has 2 aliphatic heterocycles. The first-order chi connectivity index (χ1) is 32.4. The molecule has 15 nitrogen and oxygen atoms in total. The maximum atomic E-state index is 16.7. The predicted molar refractivity (Wildman–Crippen MR) is 242 cm³/mol. The van der Waals surface area contributed by atoms with E-state index < -0.39 is 42.3 Å². The molecular formula is C50H50F2N8O7. The lowest BCUT2D eigenvalue weighted by Gasteiger charge is -2.37. The molecule has 67 heavy (non-hydrogen) atoms. The number of alkyl halides is 2. The minimum absolute atomic E-state index is 0.0135. The van der Waals surface area contributed by atoms with Crippen LogP contribution in [0.4, 0.5) is 18.4 Å². The molecule has 346 valence electrons. The van der Waals surface area contributed by atoms with Gasteiger partial charge in [0.05, 0.1) is 55.3 Å². The fourth-order valence-electron chi connectivity index (χ4n) is 10.7. The lowest BCUT2D eigenvalue weighted by Crippen LogP contribution is -2.56. The zero-order valence-electron chi connectivity index (χ0n) is 37.3. The number of imidazole rings is 2. The quantitative estimate of drug-likeness (QED) is 0.0993. The number of hydrogen-bond acceptors (Lipinski definition) is 9. The Kier molecular flexibility index (Phi) is 11.3. The molecule has 4 N–H and O–H groups in total. The fourth-order valence-corrected chi connectivity index (χ4v) is 10.7. The van der Waals surface area contributed by atoms with Gasteiger partial charge in [-0.2, -0.15) is 8.78 Å². The summed E-state index contributed by atoms with van der Waals surface area (Å²) in [6.07, 6.45) is 3.46. The van der Waals surface area contributed by atoms with Crippen molar-refractivity contribution in [3.05, 3.63) is 119 Å². The van der Waals surface area contributed by atoms with E-state index in [1.54, 1.807) is 66.6 Å². The number of halogens is 2. The molecule has 10 rings (SSSR count). The van der Waals surface area contributed by atoms with Crippen molar-refractivity contribution in [1.29, 1.82) is 0 Å². The van der Waals surface area contributed by atoms with Crippen LogP contribution in [-0.2, 0) is 29.7 Å². The van der Waals surface area contributed by atoms with Crippen molar-refractivity contribution < 1.29 is 42.2 Å². The van der Waals surface area contributed by atoms with Crippen molar-refractivity contribution in [3.63, 3.8) is 0 Å². The molecule has 2 saturated heterocycles. The number of benzene rings is 4. The van der Waals surface area contributed by atoms with Gasteiger partial charge >= 0.3 is 12.2 Å². The van der Waals surface area contributed by atoms with Crippen LogP contribution < -0.4 is 10.6 Å². The number of likely N-dealkylation sites (tertiary alicyclic amines) is 2. The molecule has 4 heterocycles. The number of carbonyl (C=O) groups is 4. The van der Waals surface area contributed by atoms with Gasteiger partial charge in [-0.05, 0) is 97.0 Å². The topological polar surface area (TPSA) is 184 Å². The minimum atomic E-state index is -3.31. The van der Waals surface area contributed by atoms with E-state index in [2.05, 4.69) is 25.6 Å². The summed E-state index contributed by atoms with van der Waals surface area (Å²) in [4.78, 5) is 72.6. The van der Waals surface area contributed by atoms with Crippen LogP contribution in [0.15, 0.2) is 91.1 Å². The van der Waals surface area contributed by atoms with E-state index in [1.807, 2.05) is 35.2 Å². The van der Waals surface area contributed by atoms with Gasteiger partial charge in [0.1, 0.15) is 23.7 Å². The molecule has 6 aromatic rings. The van der Waals surface area contributed by atoms with Crippen LogP contribution in [0.3, 0.4) is 0 Å². The average molecular weight is 913 g/mol. The number of hydrogen-bond donors (Lipinski definition) is 4. The fraction of sp³-hybridized carbons (Fsp3) is 0.360. The molecule has 2 bridgehead atoms. The third-order valence-electron chi connectivity index (χ3n) is 14.1. The van der Waals surface area contributed by atoms with Crippen molar-refractivity contribution in [1.82, 2.24) is 40.4 Å². The van der Waals surface area contributed by atoms with Crippen LogP contribution in [0, 0.1) is 5.92 Å². The van der Waals surface area contributed by atoms with Gasteiger partial charge in [-0.3, -0.25) is 9.59 Å². The maximum absolute atomic E-state index is 16.7. The third-order valence-corrected chi connectivity index (χ3v) is 14.1. The maximum Gasteiger partial charge on any atom is 0.407 e. The van der Waals surface area contributed by atoms with Crippen LogP contribution in [0.5, 0.6) is 0 Å². The number of nitrogens with zero attached hydrogens (tertiary/aromatic N) is 4. The highest BCUT2D eigenvalue weighted by atomic mass is 19.3. The van der Waals surface area contributed by atoms with Crippen LogP contribution >= 0.6 is 0 Å². The van der Waals surface area contributed by atoms with E-state index in [4.69, 9.17) is 19.2 Å². The second-order valence-electron chi connectivity index (χ2n) is 17.8. The number of methoxy groups -OCH3 is 3. The highest BCUT2D eigenvalue weighted by Crippen LogP contribution is 2.53. The van der Waals surface area contributed by atoms with Gasteiger partial charge < -0.3 is 44.6 Å². The second kappa shape index (κ2) is 17.3. The number of aromatic nitrogens is 4. The Morgan fingerprint density at radius 3 is 2.21 bits per heavy atom. The standard InChI is InChI=1S/C50H50F2N8O7/c1-26(65-2)41(57-48(63)66-3)47(62)60-32-16-12-31(21-32)43(60)45-54-37-19-15-29(24-38(37)55-45)28-13-17-33-34-18-14-30(23-36(34)50(51,52)35(33)22-28)39-25-53-44(56-39)40-11-8-20-59(40)46(61)42(58-49(64)67-4)27-9-6-5-7-10-27/h5-7,9-10,13-15,17-19,22-26,31-32,40-43H,8,11-12,16,20-21H2,1-4H3,(H,53,56)(H,54,55)(H,57,63)(H,58,64)/t26-,31?,32-,40+,41+,42-,43+/m1/s1. The lowest BCUT2D eigenvalue weighted by molar-refractivity contribution is -0.141. The van der Waals surface area contributed by atoms with Crippen LogP contribution in [0.2, 0.25) is 0 Å². The zero-order chi connectivity index (χ0) is 46.7. The molecule has 1 saturated carbocycles. The summed E-state index contributed by atoms with van der Waals surface area (Å²) >= 11 is 0. The molecule has 0 radical (unpaired) electrons. The van der Waals surface area contributed by atoms with E-state index in [1.165, 1.54) is 27.4 Å². The largest absolute Gasteiger partial charge is 0.453 e. The minimum Gasteiger partial charge on any atom is -0.453 e. The Morgan fingerprint density at radius 1 is 0.791 bits per heavy atom. The van der Waals surface area contributed by atoms with Crippen molar-refractivity contribution in [2.24, 2.45) is 5.92 Å². The van der Waals surface area contributed by atoms with Crippen molar-refractivity contribution in [3.8, 4) is 33.5 Å². The molecule has 4 aromatic carbocycles. The van der Waals surface area contributed by atoms with Gasteiger partial charge in [0.15, 0.2) is 0 Å². The van der Waals surface area contributed by atoms with E-state index in [0.717, 1.165) is 24.8 Å². The highest BCUT2D eigenvalue weighted by Gasteiger charge is 2.52. The molecular weight excluding hydrogens is 863 g/mol. The zero-order valence-corrected chi connectivity index (χ0v) is 37.3. The Hall–Kier alpha value is -7.14. The number of carbonyl (C=O) groups excluding carboxylic acids is 4. The summed E-state index contributed by atoms with van der Waals surface area (Å²) in [5.74, 6) is -2.57. The lowest BCUT2D eigenvalue weighted by atomic mass is 9.97. The van der Waals surface area contributed by atoms with Gasteiger partial charge in [-0.25, -0.2) is 19.6 Å². The molecule has 3 fully saturated rings. The van der Waals surface area contributed by atoms with Crippen LogP contribution in [-0.4, -0.2) is 99.8 Å². The first-order valence-electron chi connectivity index (χ1n) is 22.5. The summed E-state index contributed by atoms with van der Waals surface area (Å²) < 4.78 is 48.5. The Balaban J connectivity index is 0.886. The van der Waals surface area contributed by atoms with E-state index >= 15 is 8.78 Å². The van der Waals surface area contributed by atoms with Crippen molar-refractivity contribution in [2.75, 3.05) is 27.9 Å². The molecule has 17 heteroatoms. The summed E-state index contributed by atoms with van der Waals surface area (Å²) in [6.45, 7) is 2.17. The van der Waals surface area contributed by atoms with Gasteiger partial charge in [-0.1, -0.05) is 60.7 Å². The summed E-state index contributed by atoms with van der Waals surface area (Å²) in [7, 11) is 3.97. The second-order valence-corrected chi connectivity index (χ2v) is 17.8. The van der Waals surface area contributed by atoms with Gasteiger partial charge in [0.25, 0.3) is 11.8 Å². The highest BCUT2D eigenvalue weighted by molar-refractivity contribution is 5.90. The number of fused-ring (bicyclic) bond motifs is 6. The molecule has 1 unspecified atom stereocenters. The summed E-state index contributed by atoms with van der Waals surface area (Å²) in [5.41, 5.74) is 5.04. The summed E-state index contributed by atoms with van der Waals surface area (Å²) in [6, 6.07) is 22.0. The number of piperidine rings is 1. The third kappa shape index (κ3) is 7.64. The molecule has 0 spiro atoms. The first-order valence-corrected chi connectivity index (χ1v) is 22.5. The van der Waals surface area contributed by atoms with E-state index in [0.29, 0.717) is 75.6 Å². The monoisotopic (exact) mass is 912 g/mol. The number of rotatable bonds is 11. The van der Waals surface area contributed by atoms with Gasteiger partial charge in [-0.15, -0.1) is 0 Å². The Bertz CT molecular complexity index is 2900. The Labute approximate surface area is 384 Å². The van der Waals surface area contributed by atoms with Crippen molar-refractivity contribution in [2.45, 2.75) is 81.3 Å². The van der Waals surface area contributed by atoms with Crippen LogP contribution in [0.1, 0.15) is 85.5 Å². The number of nitrogens with one attached hydrogen (secondary N) is 4. The van der Waals surface area contributed by atoms with Crippen LogP contribution in [0.25, 0.3) is 44.5 Å².